The van der Waals surface area contributed by atoms with Crippen LogP contribution in [0.3, 0.4) is 0 Å². The molecule has 1 aromatic carbocycles. The highest BCUT2D eigenvalue weighted by Gasteiger charge is 2.29. The molecule has 0 aliphatic heterocycles. The first-order valence-corrected chi connectivity index (χ1v) is 7.69. The van der Waals surface area contributed by atoms with E-state index in [1.165, 1.54) is 0 Å². The summed E-state index contributed by atoms with van der Waals surface area (Å²) >= 11 is 0. The van der Waals surface area contributed by atoms with Crippen molar-refractivity contribution < 1.29 is 9.53 Å². The Kier molecular flexibility index (Phi) is 4.76. The summed E-state index contributed by atoms with van der Waals surface area (Å²) in [6.45, 7) is 5.74. The Labute approximate surface area is 127 Å². The Morgan fingerprint density at radius 1 is 1.19 bits per heavy atom. The number of hydrogen-bond acceptors (Lipinski definition) is 4. The van der Waals surface area contributed by atoms with E-state index in [0.717, 1.165) is 37.1 Å². The summed E-state index contributed by atoms with van der Waals surface area (Å²) < 4.78 is 5.47. The van der Waals surface area contributed by atoms with Crippen LogP contribution >= 0.6 is 0 Å². The normalized spacial score (nSPS) is 22.6. The first-order valence-electron chi connectivity index (χ1n) is 7.69. The van der Waals surface area contributed by atoms with Crippen LogP contribution in [0, 0.1) is 5.92 Å². The highest BCUT2D eigenvalue weighted by Crippen LogP contribution is 2.30. The summed E-state index contributed by atoms with van der Waals surface area (Å²) in [6.07, 6.45) is 3.69. The van der Waals surface area contributed by atoms with Crippen molar-refractivity contribution in [2.24, 2.45) is 5.92 Å². The predicted molar refractivity (Wildman–Crippen MR) is 86.1 cm³/mol. The maximum Gasteiger partial charge on any atom is 0.309 e. The maximum atomic E-state index is 12.1. The SMILES string of the molecule is CC(C)(C)OC(=O)C1CCC(Nc2ccccc2N)CC1. The van der Waals surface area contributed by atoms with E-state index in [0.29, 0.717) is 6.04 Å². The van der Waals surface area contributed by atoms with Crippen molar-refractivity contribution in [3.63, 3.8) is 0 Å². The van der Waals surface area contributed by atoms with Crippen molar-refractivity contribution in [1.82, 2.24) is 0 Å². The molecule has 1 aliphatic carbocycles. The minimum absolute atomic E-state index is 0.0374. The number of nitrogen functional groups attached to an aromatic ring is 1. The van der Waals surface area contributed by atoms with Crippen LogP contribution in [0.5, 0.6) is 0 Å². The second kappa shape index (κ2) is 6.37. The van der Waals surface area contributed by atoms with Gasteiger partial charge in [0.2, 0.25) is 0 Å². The molecule has 0 amide bonds. The Hall–Kier alpha value is -1.71. The smallest absolute Gasteiger partial charge is 0.309 e. The third-order valence-corrected chi connectivity index (χ3v) is 3.79. The summed E-state index contributed by atoms with van der Waals surface area (Å²) in [6, 6.07) is 8.18. The number of rotatable bonds is 3. The largest absolute Gasteiger partial charge is 0.460 e. The van der Waals surface area contributed by atoms with Crippen LogP contribution in [0.25, 0.3) is 0 Å². The molecule has 1 aromatic rings. The maximum absolute atomic E-state index is 12.1. The van der Waals surface area contributed by atoms with Crippen molar-refractivity contribution in [2.75, 3.05) is 11.1 Å². The highest BCUT2D eigenvalue weighted by molar-refractivity contribution is 5.73. The Bertz CT molecular complexity index is 486. The number of ether oxygens (including phenoxy) is 1. The van der Waals surface area contributed by atoms with E-state index >= 15 is 0 Å². The van der Waals surface area contributed by atoms with E-state index in [1.807, 2.05) is 45.0 Å². The molecular formula is C17H26N2O2. The molecule has 0 heterocycles. The Morgan fingerprint density at radius 3 is 2.38 bits per heavy atom. The van der Waals surface area contributed by atoms with Gasteiger partial charge in [0.05, 0.1) is 17.3 Å². The van der Waals surface area contributed by atoms with Gasteiger partial charge < -0.3 is 15.8 Å². The number of benzene rings is 1. The number of para-hydroxylation sites is 2. The third-order valence-electron chi connectivity index (χ3n) is 3.79. The molecule has 4 nitrogen and oxygen atoms in total. The van der Waals surface area contributed by atoms with E-state index in [-0.39, 0.29) is 11.9 Å². The molecule has 1 aliphatic rings. The van der Waals surface area contributed by atoms with Crippen LogP contribution in [0.1, 0.15) is 46.5 Å². The van der Waals surface area contributed by atoms with Crippen LogP contribution in [0.4, 0.5) is 11.4 Å². The number of hydrogen-bond donors (Lipinski definition) is 2. The Balaban J connectivity index is 1.83. The molecule has 0 unspecified atom stereocenters. The van der Waals surface area contributed by atoms with Gasteiger partial charge in [0.15, 0.2) is 0 Å². The molecule has 0 saturated heterocycles. The molecule has 1 saturated carbocycles. The molecule has 116 valence electrons. The molecule has 3 N–H and O–H groups in total. The van der Waals surface area contributed by atoms with Gasteiger partial charge in [0.1, 0.15) is 5.60 Å². The molecule has 0 bridgehead atoms. The predicted octanol–water partition coefficient (Wildman–Crippen LogP) is 3.58. The van der Waals surface area contributed by atoms with Gasteiger partial charge in [-0.25, -0.2) is 0 Å². The van der Waals surface area contributed by atoms with Crippen molar-refractivity contribution >= 4 is 17.3 Å². The number of nitrogens with one attached hydrogen (secondary N) is 1. The molecule has 0 atom stereocenters. The molecule has 0 spiro atoms. The van der Waals surface area contributed by atoms with Crippen LogP contribution in [-0.2, 0) is 9.53 Å². The average Bonchev–Trinajstić information content (AvgIpc) is 2.40. The molecule has 0 aromatic heterocycles. The molecule has 0 radical (unpaired) electrons. The van der Waals surface area contributed by atoms with Crippen molar-refractivity contribution in [3.05, 3.63) is 24.3 Å². The van der Waals surface area contributed by atoms with Gasteiger partial charge in [-0.15, -0.1) is 0 Å². The van der Waals surface area contributed by atoms with E-state index < -0.39 is 5.60 Å². The lowest BCUT2D eigenvalue weighted by atomic mass is 9.86. The number of nitrogens with two attached hydrogens (primary N) is 1. The fourth-order valence-electron chi connectivity index (χ4n) is 2.71. The van der Waals surface area contributed by atoms with Gasteiger partial charge in [-0.2, -0.15) is 0 Å². The van der Waals surface area contributed by atoms with Gasteiger partial charge in [-0.1, -0.05) is 12.1 Å². The summed E-state index contributed by atoms with van der Waals surface area (Å²) in [4.78, 5) is 12.1. The summed E-state index contributed by atoms with van der Waals surface area (Å²) in [5.41, 5.74) is 7.30. The molecule has 21 heavy (non-hydrogen) atoms. The van der Waals surface area contributed by atoms with Gasteiger partial charge in [-0.3, -0.25) is 4.79 Å². The van der Waals surface area contributed by atoms with Crippen molar-refractivity contribution in [2.45, 2.75) is 58.1 Å². The van der Waals surface area contributed by atoms with Crippen LogP contribution in [0.15, 0.2) is 24.3 Å². The van der Waals surface area contributed by atoms with Crippen LogP contribution in [-0.4, -0.2) is 17.6 Å². The van der Waals surface area contributed by atoms with Gasteiger partial charge >= 0.3 is 5.97 Å². The summed E-state index contributed by atoms with van der Waals surface area (Å²) in [7, 11) is 0. The van der Waals surface area contributed by atoms with Gasteiger partial charge in [0, 0.05) is 6.04 Å². The van der Waals surface area contributed by atoms with Crippen LogP contribution in [0.2, 0.25) is 0 Å². The minimum Gasteiger partial charge on any atom is -0.460 e. The molecular weight excluding hydrogens is 264 g/mol. The van der Waals surface area contributed by atoms with Gasteiger partial charge in [-0.05, 0) is 58.6 Å². The van der Waals surface area contributed by atoms with E-state index in [2.05, 4.69) is 5.32 Å². The first kappa shape index (κ1) is 15.7. The molecule has 1 fully saturated rings. The first-order chi connectivity index (χ1) is 9.85. The van der Waals surface area contributed by atoms with Crippen molar-refractivity contribution in [1.29, 1.82) is 0 Å². The zero-order valence-electron chi connectivity index (χ0n) is 13.2. The second-order valence-electron chi connectivity index (χ2n) is 6.81. The van der Waals surface area contributed by atoms with E-state index in [4.69, 9.17) is 10.5 Å². The zero-order chi connectivity index (χ0) is 15.5. The van der Waals surface area contributed by atoms with Crippen LogP contribution < -0.4 is 11.1 Å². The standard InChI is InChI=1S/C17H26N2O2/c1-17(2,3)21-16(20)12-8-10-13(11-9-12)19-15-7-5-4-6-14(15)18/h4-7,12-13,19H,8-11,18H2,1-3H3. The molecule has 2 rings (SSSR count). The minimum atomic E-state index is -0.398. The lowest BCUT2D eigenvalue weighted by molar-refractivity contribution is -0.161. The quantitative estimate of drug-likeness (QED) is 0.659. The third kappa shape index (κ3) is 4.66. The molecule has 4 heteroatoms. The topological polar surface area (TPSA) is 64.3 Å². The van der Waals surface area contributed by atoms with Gasteiger partial charge in [0.25, 0.3) is 0 Å². The lowest BCUT2D eigenvalue weighted by Gasteiger charge is -2.31. The fourth-order valence-corrected chi connectivity index (χ4v) is 2.71. The fraction of sp³-hybridized carbons (Fsp3) is 0.588. The van der Waals surface area contributed by atoms with E-state index in [9.17, 15) is 4.79 Å². The Morgan fingerprint density at radius 2 is 1.81 bits per heavy atom. The monoisotopic (exact) mass is 290 g/mol. The average molecular weight is 290 g/mol. The summed E-state index contributed by atoms with van der Waals surface area (Å²) in [5, 5.41) is 3.48. The lowest BCUT2D eigenvalue weighted by Crippen LogP contribution is -2.33. The number of carbonyl (C=O) groups is 1. The number of carbonyl (C=O) groups excluding carboxylic acids is 1. The van der Waals surface area contributed by atoms with Crippen molar-refractivity contribution in [3.8, 4) is 0 Å². The zero-order valence-corrected chi connectivity index (χ0v) is 13.2. The second-order valence-corrected chi connectivity index (χ2v) is 6.81. The highest BCUT2D eigenvalue weighted by atomic mass is 16.6. The summed E-state index contributed by atoms with van der Waals surface area (Å²) in [5.74, 6) is -0.0180. The number of esters is 1. The van der Waals surface area contributed by atoms with E-state index in [1.54, 1.807) is 0 Å². The number of anilines is 2.